The van der Waals surface area contributed by atoms with E-state index in [1.165, 1.54) is 5.56 Å². The van der Waals surface area contributed by atoms with E-state index >= 15 is 0 Å². The summed E-state index contributed by atoms with van der Waals surface area (Å²) in [4.78, 5) is 18.4. The SMILES string of the molecule is CCNC(=NCCCCOc1ccc(C)cc1)NCCC(=O)N(CC)CC.I. The standard InChI is InChI=1S/C21H36N4O2.HI/c1-5-22-21(24-16-14-20(26)25(6-2)7-3)23-15-8-9-17-27-19-12-10-18(4)11-13-19;/h10-13H,5-9,14-17H2,1-4H3,(H2,22,23,24);1H. The molecule has 2 N–H and O–H groups in total. The van der Waals surface area contributed by atoms with Crippen molar-refractivity contribution in [2.45, 2.75) is 47.0 Å². The number of ether oxygens (including phenoxy) is 1. The molecule has 0 fully saturated rings. The lowest BCUT2D eigenvalue weighted by Crippen LogP contribution is -2.40. The van der Waals surface area contributed by atoms with Gasteiger partial charge in [0.15, 0.2) is 5.96 Å². The Balaban J connectivity index is 0.00000729. The van der Waals surface area contributed by atoms with Gasteiger partial charge in [-0.15, -0.1) is 24.0 Å². The third-order valence-corrected chi connectivity index (χ3v) is 4.20. The van der Waals surface area contributed by atoms with Crippen molar-refractivity contribution in [3.63, 3.8) is 0 Å². The second kappa shape index (κ2) is 16.4. The first-order valence-corrected chi connectivity index (χ1v) is 10.1. The van der Waals surface area contributed by atoms with Gasteiger partial charge >= 0.3 is 0 Å². The molecule has 1 aromatic carbocycles. The van der Waals surface area contributed by atoms with Gasteiger partial charge in [-0.25, -0.2) is 0 Å². The van der Waals surface area contributed by atoms with Gasteiger partial charge in [0, 0.05) is 39.1 Å². The van der Waals surface area contributed by atoms with Crippen LogP contribution in [0.3, 0.4) is 0 Å². The number of amides is 1. The molecule has 0 unspecified atom stereocenters. The van der Waals surface area contributed by atoms with Crippen molar-refractivity contribution in [2.75, 3.05) is 39.3 Å². The number of rotatable bonds is 12. The summed E-state index contributed by atoms with van der Waals surface area (Å²) in [6, 6.07) is 8.11. The van der Waals surface area contributed by atoms with E-state index in [4.69, 9.17) is 4.74 Å². The molecule has 0 heterocycles. The quantitative estimate of drug-likeness (QED) is 0.198. The third-order valence-electron chi connectivity index (χ3n) is 4.20. The highest BCUT2D eigenvalue weighted by atomic mass is 127. The molecular formula is C21H37IN4O2. The van der Waals surface area contributed by atoms with Crippen molar-refractivity contribution in [1.29, 1.82) is 0 Å². The number of hydrogen-bond acceptors (Lipinski definition) is 3. The van der Waals surface area contributed by atoms with Gasteiger partial charge in [0.25, 0.3) is 0 Å². The molecule has 0 spiro atoms. The number of benzene rings is 1. The lowest BCUT2D eigenvalue weighted by molar-refractivity contribution is -0.130. The number of aryl methyl sites for hydroxylation is 1. The first-order chi connectivity index (χ1) is 13.1. The molecule has 7 heteroatoms. The second-order valence-electron chi connectivity index (χ2n) is 6.37. The summed E-state index contributed by atoms with van der Waals surface area (Å²) < 4.78 is 5.73. The second-order valence-corrected chi connectivity index (χ2v) is 6.37. The molecule has 0 aromatic heterocycles. The van der Waals surface area contributed by atoms with Crippen LogP contribution in [-0.4, -0.2) is 56.1 Å². The Bertz CT molecular complexity index is 560. The Hall–Kier alpha value is -1.51. The summed E-state index contributed by atoms with van der Waals surface area (Å²) >= 11 is 0. The summed E-state index contributed by atoms with van der Waals surface area (Å²) in [5.41, 5.74) is 1.24. The van der Waals surface area contributed by atoms with Crippen LogP contribution in [0.5, 0.6) is 5.75 Å². The highest BCUT2D eigenvalue weighted by Gasteiger charge is 2.08. The number of nitrogens with one attached hydrogen (secondary N) is 2. The third kappa shape index (κ3) is 11.4. The van der Waals surface area contributed by atoms with Crippen molar-refractivity contribution < 1.29 is 9.53 Å². The molecule has 0 saturated carbocycles. The van der Waals surface area contributed by atoms with Crippen molar-refractivity contribution in [1.82, 2.24) is 15.5 Å². The van der Waals surface area contributed by atoms with Gasteiger partial charge in [-0.1, -0.05) is 17.7 Å². The molecule has 28 heavy (non-hydrogen) atoms. The normalized spacial score (nSPS) is 10.8. The van der Waals surface area contributed by atoms with Crippen LogP contribution >= 0.6 is 24.0 Å². The lowest BCUT2D eigenvalue weighted by Gasteiger charge is -2.19. The zero-order valence-corrected chi connectivity index (χ0v) is 20.1. The number of unbranched alkanes of at least 4 members (excludes halogenated alkanes) is 1. The van der Waals surface area contributed by atoms with Crippen LogP contribution in [-0.2, 0) is 4.79 Å². The first-order valence-electron chi connectivity index (χ1n) is 10.1. The molecule has 0 aliphatic carbocycles. The van der Waals surface area contributed by atoms with Crippen LogP contribution in [0.15, 0.2) is 29.3 Å². The number of halogens is 1. The predicted octanol–water partition coefficient (Wildman–Crippen LogP) is 3.59. The lowest BCUT2D eigenvalue weighted by atomic mass is 10.2. The van der Waals surface area contributed by atoms with Crippen molar-refractivity contribution in [3.05, 3.63) is 29.8 Å². The van der Waals surface area contributed by atoms with Crippen molar-refractivity contribution in [3.8, 4) is 5.75 Å². The summed E-state index contributed by atoms with van der Waals surface area (Å²) in [5, 5.41) is 6.46. The molecule has 0 atom stereocenters. The summed E-state index contributed by atoms with van der Waals surface area (Å²) in [5.74, 6) is 1.86. The molecule has 0 aliphatic heterocycles. The van der Waals surface area contributed by atoms with Crippen molar-refractivity contribution >= 4 is 35.8 Å². The monoisotopic (exact) mass is 504 g/mol. The van der Waals surface area contributed by atoms with Gasteiger partial charge < -0.3 is 20.3 Å². The number of hydrogen-bond donors (Lipinski definition) is 2. The molecule has 1 aromatic rings. The summed E-state index contributed by atoms with van der Waals surface area (Å²) in [6.07, 6.45) is 2.40. The smallest absolute Gasteiger partial charge is 0.224 e. The van der Waals surface area contributed by atoms with E-state index in [9.17, 15) is 4.79 Å². The highest BCUT2D eigenvalue weighted by Crippen LogP contribution is 2.11. The zero-order valence-electron chi connectivity index (χ0n) is 17.8. The molecular weight excluding hydrogens is 467 g/mol. The Kier molecular flexibility index (Phi) is 15.6. The zero-order chi connectivity index (χ0) is 19.9. The average molecular weight is 504 g/mol. The Morgan fingerprint density at radius 1 is 1.07 bits per heavy atom. The molecule has 0 bridgehead atoms. The van der Waals surface area contributed by atoms with Crippen LogP contribution in [0.1, 0.15) is 45.6 Å². The predicted molar refractivity (Wildman–Crippen MR) is 128 cm³/mol. The van der Waals surface area contributed by atoms with E-state index in [1.807, 2.05) is 37.8 Å². The molecule has 6 nitrogen and oxygen atoms in total. The molecule has 1 rings (SSSR count). The van der Waals surface area contributed by atoms with Gasteiger partial charge in [-0.3, -0.25) is 9.79 Å². The summed E-state index contributed by atoms with van der Waals surface area (Å²) in [6.45, 7) is 12.4. The van der Waals surface area contributed by atoms with Crippen LogP contribution in [0.25, 0.3) is 0 Å². The number of nitrogens with zero attached hydrogens (tertiary/aromatic N) is 2. The van der Waals surface area contributed by atoms with Gasteiger partial charge in [0.2, 0.25) is 5.91 Å². The van der Waals surface area contributed by atoms with Crippen LogP contribution in [0.2, 0.25) is 0 Å². The van der Waals surface area contributed by atoms with E-state index in [0.717, 1.165) is 50.7 Å². The maximum Gasteiger partial charge on any atom is 0.224 e. The van der Waals surface area contributed by atoms with E-state index in [0.29, 0.717) is 19.6 Å². The Morgan fingerprint density at radius 2 is 1.75 bits per heavy atom. The molecule has 0 radical (unpaired) electrons. The Morgan fingerprint density at radius 3 is 2.36 bits per heavy atom. The topological polar surface area (TPSA) is 66.0 Å². The van der Waals surface area contributed by atoms with Gasteiger partial charge in [0.1, 0.15) is 5.75 Å². The minimum Gasteiger partial charge on any atom is -0.494 e. The van der Waals surface area contributed by atoms with E-state index in [2.05, 4.69) is 34.7 Å². The van der Waals surface area contributed by atoms with Crippen LogP contribution < -0.4 is 15.4 Å². The molecule has 160 valence electrons. The number of carbonyl (C=O) groups excluding carboxylic acids is 1. The largest absolute Gasteiger partial charge is 0.494 e. The van der Waals surface area contributed by atoms with Gasteiger partial charge in [0.05, 0.1) is 6.61 Å². The minimum absolute atomic E-state index is 0. The Labute approximate surface area is 187 Å². The molecule has 0 saturated heterocycles. The van der Waals surface area contributed by atoms with E-state index in [1.54, 1.807) is 0 Å². The maximum atomic E-state index is 12.0. The van der Waals surface area contributed by atoms with E-state index in [-0.39, 0.29) is 29.9 Å². The van der Waals surface area contributed by atoms with Gasteiger partial charge in [-0.2, -0.15) is 0 Å². The maximum absolute atomic E-state index is 12.0. The molecule has 0 aliphatic rings. The average Bonchev–Trinajstić information content (AvgIpc) is 2.67. The highest BCUT2D eigenvalue weighted by molar-refractivity contribution is 14.0. The minimum atomic E-state index is 0. The fraction of sp³-hybridized carbons (Fsp3) is 0.619. The number of guanidine groups is 1. The number of carbonyl (C=O) groups is 1. The van der Waals surface area contributed by atoms with Crippen LogP contribution in [0, 0.1) is 6.92 Å². The number of aliphatic imine (C=N–C) groups is 1. The molecule has 1 amide bonds. The van der Waals surface area contributed by atoms with Crippen molar-refractivity contribution in [2.24, 2.45) is 4.99 Å². The fourth-order valence-corrected chi connectivity index (χ4v) is 2.59. The summed E-state index contributed by atoms with van der Waals surface area (Å²) in [7, 11) is 0. The fourth-order valence-electron chi connectivity index (χ4n) is 2.59. The van der Waals surface area contributed by atoms with E-state index < -0.39 is 0 Å². The first kappa shape index (κ1) is 26.5. The van der Waals surface area contributed by atoms with Crippen LogP contribution in [0.4, 0.5) is 0 Å². The van der Waals surface area contributed by atoms with Gasteiger partial charge in [-0.05, 0) is 52.7 Å².